The van der Waals surface area contributed by atoms with E-state index in [2.05, 4.69) is 19.1 Å². The summed E-state index contributed by atoms with van der Waals surface area (Å²) in [5, 5.41) is 0. The molecule has 0 radical (unpaired) electrons. The Labute approximate surface area is 113 Å². The van der Waals surface area contributed by atoms with E-state index in [-0.39, 0.29) is 6.10 Å². The molecule has 0 saturated carbocycles. The maximum Gasteiger partial charge on any atom is 0.147 e. The Bertz CT molecular complexity index is 375. The Morgan fingerprint density at radius 2 is 2.33 bits per heavy atom. The largest absolute Gasteiger partial charge is 0.491 e. The van der Waals surface area contributed by atoms with Crippen molar-refractivity contribution in [3.05, 3.63) is 29.3 Å². The fraction of sp³-hybridized carbons (Fsp3) is 0.571. The minimum Gasteiger partial charge on any atom is -0.491 e. The molecule has 4 heteroatoms. The van der Waals surface area contributed by atoms with Gasteiger partial charge in [0.15, 0.2) is 0 Å². The molecule has 1 fully saturated rings. The summed E-state index contributed by atoms with van der Waals surface area (Å²) < 4.78 is 16.4. The number of rotatable bonds is 5. The molecule has 100 valence electrons. The first-order chi connectivity index (χ1) is 8.83. The highest BCUT2D eigenvalue weighted by atomic mass is 35.5. The Kier molecular flexibility index (Phi) is 5.29. The Hall–Kier alpha value is -0.770. The van der Waals surface area contributed by atoms with Gasteiger partial charge in [-0.2, -0.15) is 0 Å². The highest BCUT2D eigenvalue weighted by Gasteiger charge is 2.15. The lowest BCUT2D eigenvalue weighted by Gasteiger charge is -2.23. The predicted molar refractivity (Wildman–Crippen MR) is 71.2 cm³/mol. The zero-order valence-corrected chi connectivity index (χ0v) is 11.4. The number of hydrogen-bond donors (Lipinski definition) is 0. The van der Waals surface area contributed by atoms with Crippen LogP contribution in [0, 0.1) is 0 Å². The van der Waals surface area contributed by atoms with E-state index in [1.807, 2.05) is 6.07 Å². The second kappa shape index (κ2) is 6.98. The van der Waals surface area contributed by atoms with E-state index >= 15 is 0 Å². The molecule has 1 aliphatic rings. The van der Waals surface area contributed by atoms with Gasteiger partial charge in [0.25, 0.3) is 0 Å². The van der Waals surface area contributed by atoms with Crippen LogP contribution in [0.3, 0.4) is 0 Å². The van der Waals surface area contributed by atoms with Crippen LogP contribution in [-0.4, -0.2) is 26.1 Å². The maximum atomic E-state index is 5.92. The van der Waals surface area contributed by atoms with Crippen molar-refractivity contribution in [2.75, 3.05) is 20.0 Å². The topological polar surface area (TPSA) is 27.7 Å². The summed E-state index contributed by atoms with van der Waals surface area (Å²) in [5.41, 5.74) is 2.28. The van der Waals surface area contributed by atoms with Gasteiger partial charge in [-0.3, -0.25) is 0 Å². The zero-order valence-electron chi connectivity index (χ0n) is 10.7. The lowest BCUT2D eigenvalue weighted by atomic mass is 10.1. The fourth-order valence-corrected chi connectivity index (χ4v) is 2.10. The predicted octanol–water partition coefficient (Wildman–Crippen LogP) is 3.13. The first-order valence-corrected chi connectivity index (χ1v) is 6.87. The van der Waals surface area contributed by atoms with E-state index in [9.17, 15) is 0 Å². The summed E-state index contributed by atoms with van der Waals surface area (Å²) in [6.07, 6.45) is 1.99. The normalized spacial score (nSPS) is 19.8. The summed E-state index contributed by atoms with van der Waals surface area (Å²) in [5.74, 6) is 1.34. The van der Waals surface area contributed by atoms with E-state index in [0.717, 1.165) is 30.8 Å². The maximum absolute atomic E-state index is 5.92. The van der Waals surface area contributed by atoms with Crippen LogP contribution in [0.4, 0.5) is 0 Å². The molecule has 0 N–H and O–H groups in total. The van der Waals surface area contributed by atoms with Crippen molar-refractivity contribution >= 4 is 11.6 Å². The molecule has 0 aliphatic carbocycles. The minimum atomic E-state index is 0.118. The molecule has 0 aromatic heterocycles. The van der Waals surface area contributed by atoms with Crippen LogP contribution in [0.1, 0.15) is 24.5 Å². The number of halogens is 1. The third kappa shape index (κ3) is 3.61. The standard InChI is InChI=1S/C14H19ClO3/c1-2-11-3-4-12(8-15)14(7-11)17-9-13-5-6-16-10-18-13/h3-4,7,13H,2,5-6,8-10H2,1H3. The van der Waals surface area contributed by atoms with Crippen molar-refractivity contribution in [3.8, 4) is 5.75 Å². The van der Waals surface area contributed by atoms with Crippen LogP contribution >= 0.6 is 11.6 Å². The van der Waals surface area contributed by atoms with Gasteiger partial charge in [0.05, 0.1) is 18.6 Å². The molecule has 1 aliphatic heterocycles. The number of ether oxygens (including phenoxy) is 3. The molecular formula is C14H19ClO3. The van der Waals surface area contributed by atoms with E-state index in [0.29, 0.717) is 19.3 Å². The van der Waals surface area contributed by atoms with E-state index in [1.54, 1.807) is 0 Å². The molecule has 3 nitrogen and oxygen atoms in total. The molecule has 1 saturated heterocycles. The van der Waals surface area contributed by atoms with Crippen molar-refractivity contribution in [1.82, 2.24) is 0 Å². The molecule has 1 atom stereocenters. The zero-order chi connectivity index (χ0) is 12.8. The second-order valence-corrected chi connectivity index (χ2v) is 4.61. The number of hydrogen-bond acceptors (Lipinski definition) is 3. The van der Waals surface area contributed by atoms with Gasteiger partial charge in [-0.25, -0.2) is 0 Å². The van der Waals surface area contributed by atoms with Gasteiger partial charge >= 0.3 is 0 Å². The van der Waals surface area contributed by atoms with E-state index in [4.69, 9.17) is 25.8 Å². The molecule has 1 heterocycles. The molecule has 1 aromatic rings. The van der Waals surface area contributed by atoms with Gasteiger partial charge in [-0.05, 0) is 18.1 Å². The van der Waals surface area contributed by atoms with Crippen LogP contribution in [-0.2, 0) is 21.8 Å². The Balaban J connectivity index is 1.97. The fourth-order valence-electron chi connectivity index (χ4n) is 1.88. The van der Waals surface area contributed by atoms with E-state index < -0.39 is 0 Å². The van der Waals surface area contributed by atoms with Crippen LogP contribution in [0.25, 0.3) is 0 Å². The summed E-state index contributed by atoms with van der Waals surface area (Å²) in [4.78, 5) is 0. The van der Waals surface area contributed by atoms with Gasteiger partial charge in [0.2, 0.25) is 0 Å². The molecule has 1 aromatic carbocycles. The first-order valence-electron chi connectivity index (χ1n) is 6.33. The van der Waals surface area contributed by atoms with Crippen LogP contribution in [0.2, 0.25) is 0 Å². The third-order valence-electron chi connectivity index (χ3n) is 3.08. The summed E-state index contributed by atoms with van der Waals surface area (Å²) >= 11 is 5.92. The molecule has 0 bridgehead atoms. The highest BCUT2D eigenvalue weighted by molar-refractivity contribution is 6.17. The highest BCUT2D eigenvalue weighted by Crippen LogP contribution is 2.23. The molecule has 0 amide bonds. The van der Waals surface area contributed by atoms with E-state index in [1.165, 1.54) is 5.56 Å². The summed E-state index contributed by atoms with van der Waals surface area (Å²) in [7, 11) is 0. The van der Waals surface area contributed by atoms with Gasteiger partial charge in [0.1, 0.15) is 19.1 Å². The van der Waals surface area contributed by atoms with Crippen molar-refractivity contribution in [3.63, 3.8) is 0 Å². The molecular weight excluding hydrogens is 252 g/mol. The van der Waals surface area contributed by atoms with Gasteiger partial charge in [-0.1, -0.05) is 19.1 Å². The average Bonchev–Trinajstić information content (AvgIpc) is 2.45. The number of benzene rings is 1. The Morgan fingerprint density at radius 1 is 1.44 bits per heavy atom. The first kappa shape index (κ1) is 13.7. The minimum absolute atomic E-state index is 0.118. The van der Waals surface area contributed by atoms with Crippen molar-refractivity contribution < 1.29 is 14.2 Å². The van der Waals surface area contributed by atoms with Crippen LogP contribution in [0.5, 0.6) is 5.75 Å². The summed E-state index contributed by atoms with van der Waals surface area (Å²) in [6.45, 7) is 3.79. The molecule has 0 spiro atoms. The smallest absolute Gasteiger partial charge is 0.147 e. The Morgan fingerprint density at radius 3 is 3.00 bits per heavy atom. The lowest BCUT2D eigenvalue weighted by Crippen LogP contribution is -2.29. The van der Waals surface area contributed by atoms with Gasteiger partial charge in [0, 0.05) is 12.0 Å². The monoisotopic (exact) mass is 270 g/mol. The second-order valence-electron chi connectivity index (χ2n) is 4.34. The van der Waals surface area contributed by atoms with Gasteiger partial charge < -0.3 is 14.2 Å². The number of alkyl halides is 1. The lowest BCUT2D eigenvalue weighted by molar-refractivity contribution is -0.147. The van der Waals surface area contributed by atoms with Crippen LogP contribution < -0.4 is 4.74 Å². The summed E-state index contributed by atoms with van der Waals surface area (Å²) in [6, 6.07) is 6.19. The number of aryl methyl sites for hydroxylation is 1. The quantitative estimate of drug-likeness (QED) is 0.770. The molecule has 1 unspecified atom stereocenters. The SMILES string of the molecule is CCc1ccc(CCl)c(OCC2CCOCO2)c1. The molecule has 2 rings (SSSR count). The van der Waals surface area contributed by atoms with Crippen molar-refractivity contribution in [2.24, 2.45) is 0 Å². The third-order valence-corrected chi connectivity index (χ3v) is 3.37. The van der Waals surface area contributed by atoms with Crippen molar-refractivity contribution in [2.45, 2.75) is 31.7 Å². The van der Waals surface area contributed by atoms with Crippen molar-refractivity contribution in [1.29, 1.82) is 0 Å². The van der Waals surface area contributed by atoms with Crippen LogP contribution in [0.15, 0.2) is 18.2 Å². The average molecular weight is 271 g/mol. The molecule has 18 heavy (non-hydrogen) atoms. The van der Waals surface area contributed by atoms with Gasteiger partial charge in [-0.15, -0.1) is 11.6 Å².